The van der Waals surface area contributed by atoms with Crippen molar-refractivity contribution in [2.75, 3.05) is 13.7 Å². The molecule has 0 aliphatic heterocycles. The normalized spacial score (nSPS) is 9.46. The third-order valence-corrected chi connectivity index (χ3v) is 5.12. The average molecular weight is 719 g/mol. The summed E-state index contributed by atoms with van der Waals surface area (Å²) in [5.74, 6) is 5.57. The molecule has 1 aromatic carbocycles. The first-order chi connectivity index (χ1) is 19.8. The smallest absolute Gasteiger partial charge is 0.500 e. The third kappa shape index (κ3) is 9.54. The van der Waals surface area contributed by atoms with E-state index >= 15 is 0 Å². The van der Waals surface area contributed by atoms with Crippen LogP contribution in [0.3, 0.4) is 0 Å². The monoisotopic (exact) mass is 720 g/mol. The first-order valence-electron chi connectivity index (χ1n) is 12.2. The molecule has 6 aromatic rings. The molecule has 0 spiro atoms. The molecule has 5 aromatic heterocycles. The van der Waals surface area contributed by atoms with Crippen LogP contribution in [0.15, 0.2) is 122 Å². The Kier molecular flexibility index (Phi) is 12.4. The second kappa shape index (κ2) is 16.8. The maximum absolute atomic E-state index is 5.36. The van der Waals surface area contributed by atoms with E-state index in [2.05, 4.69) is 37.1 Å². The van der Waals surface area contributed by atoms with E-state index in [1.165, 1.54) is 0 Å². The molecule has 0 unspecified atom stereocenters. The van der Waals surface area contributed by atoms with Crippen LogP contribution in [0.2, 0.25) is 0 Å². The van der Waals surface area contributed by atoms with Crippen LogP contribution in [0.4, 0.5) is 0 Å². The molecule has 0 aliphatic rings. The van der Waals surface area contributed by atoms with E-state index in [9.17, 15) is 0 Å². The number of hydrogen-bond donors (Lipinski definition) is 0. The van der Waals surface area contributed by atoms with Crippen LogP contribution in [0, 0.1) is 18.4 Å². The summed E-state index contributed by atoms with van der Waals surface area (Å²) in [5.41, 5.74) is 1.61. The van der Waals surface area contributed by atoms with E-state index in [4.69, 9.17) is 15.9 Å². The van der Waals surface area contributed by atoms with Crippen molar-refractivity contribution < 1.29 is 29.3 Å². The summed E-state index contributed by atoms with van der Waals surface area (Å²) in [6.07, 6.45) is 17.5. The number of terminal acetylenes is 1. The second-order valence-corrected chi connectivity index (χ2v) is 7.79. The third-order valence-electron chi connectivity index (χ3n) is 5.12. The molecule has 0 amide bonds. The average Bonchev–Trinajstić information content (AvgIpc) is 3.78. The molecule has 0 fully saturated rings. The van der Waals surface area contributed by atoms with Gasteiger partial charge in [-0.25, -0.2) is 19.3 Å². The zero-order chi connectivity index (χ0) is 27.8. The fourth-order valence-corrected chi connectivity index (χ4v) is 3.28. The molecule has 6 rings (SSSR count). The van der Waals surface area contributed by atoms with Crippen LogP contribution < -0.4 is 9.47 Å². The molecule has 0 aliphatic carbocycles. The van der Waals surface area contributed by atoms with E-state index in [0.29, 0.717) is 5.75 Å². The molecule has 10 heteroatoms. The van der Waals surface area contributed by atoms with Crippen LogP contribution in [-0.2, 0) is 19.8 Å². The second-order valence-electron chi connectivity index (χ2n) is 7.79. The van der Waals surface area contributed by atoms with Crippen molar-refractivity contribution >= 4 is 0 Å². The summed E-state index contributed by atoms with van der Waals surface area (Å²) in [6, 6.07) is 27.4. The minimum atomic E-state index is 0. The van der Waals surface area contributed by atoms with Crippen LogP contribution in [0.1, 0.15) is 0 Å². The van der Waals surface area contributed by atoms with Crippen molar-refractivity contribution in [3.8, 4) is 46.7 Å². The molecule has 205 valence electrons. The summed E-state index contributed by atoms with van der Waals surface area (Å²) in [6.45, 7) is 0.245. The van der Waals surface area contributed by atoms with E-state index in [-0.39, 0.29) is 26.4 Å². The van der Waals surface area contributed by atoms with Crippen molar-refractivity contribution in [2.24, 2.45) is 0 Å². The van der Waals surface area contributed by atoms with Crippen molar-refractivity contribution in [3.63, 3.8) is 0 Å². The Hall–Kier alpha value is -5.11. The fourth-order valence-electron chi connectivity index (χ4n) is 3.28. The van der Waals surface area contributed by atoms with Gasteiger partial charge in [0.2, 0.25) is 0 Å². The van der Waals surface area contributed by atoms with E-state index in [0.717, 1.165) is 28.6 Å². The van der Waals surface area contributed by atoms with Gasteiger partial charge in [0, 0.05) is 49.1 Å². The number of methoxy groups -OCH3 is 1. The number of nitrogens with zero attached hydrogens (tertiary/aromatic N) is 7. The van der Waals surface area contributed by atoms with Crippen LogP contribution in [0.5, 0.6) is 11.5 Å². The fraction of sp³-hybridized carbons (Fsp3) is 0.0645. The molecule has 0 N–H and O–H groups in total. The Labute approximate surface area is 251 Å². The Morgan fingerprint density at radius 3 is 1.93 bits per heavy atom. The molecule has 0 atom stereocenters. The van der Waals surface area contributed by atoms with Gasteiger partial charge < -0.3 is 14.5 Å². The van der Waals surface area contributed by atoms with Gasteiger partial charge in [-0.05, 0) is 54.2 Å². The first kappa shape index (κ1) is 30.4. The summed E-state index contributed by atoms with van der Waals surface area (Å²) in [7, 11) is 1.62. The Morgan fingerprint density at radius 2 is 1.41 bits per heavy atom. The van der Waals surface area contributed by atoms with Gasteiger partial charge >= 0.3 is 19.8 Å². The molecule has 0 saturated heterocycles. The molecular formula is C31H26N7O2Os. The largest absolute Gasteiger partial charge is 1.00 e. The van der Waals surface area contributed by atoms with Crippen molar-refractivity contribution in [1.82, 2.24) is 34.5 Å². The molecule has 41 heavy (non-hydrogen) atoms. The molecule has 0 bridgehead atoms. The molecule has 5 heterocycles. The standard InChI is InChI=1S/C15H12NO2.2C8H7N3.Os/c1-3-9-18-14-6-4-5-12(10-14)15-11-13(17-2)7-8-16-15;2*1-2-5-9-8(4-1)11-7-3-6-10-11;/h1,4,6-8,10-11H,9H2,2H3;2*1-7H;/q-1;;;+1. The predicted molar refractivity (Wildman–Crippen MR) is 152 cm³/mol. The van der Waals surface area contributed by atoms with E-state index in [1.807, 2.05) is 73.1 Å². The van der Waals surface area contributed by atoms with Crippen LogP contribution in [0.25, 0.3) is 22.9 Å². The van der Waals surface area contributed by atoms with E-state index in [1.54, 1.807) is 65.7 Å². The summed E-state index contributed by atoms with van der Waals surface area (Å²) >= 11 is 0. The predicted octanol–water partition coefficient (Wildman–Crippen LogP) is 5.10. The van der Waals surface area contributed by atoms with Crippen molar-refractivity contribution in [3.05, 3.63) is 128 Å². The number of pyridine rings is 3. The zero-order valence-corrected chi connectivity index (χ0v) is 24.7. The van der Waals surface area contributed by atoms with Crippen LogP contribution >= 0.6 is 0 Å². The SMILES string of the molecule is C#CCOc1cc[c-]c(-c2cc(OC)ccn2)c1.[Os+].c1ccc(-n2cccn2)nc1.c1ccc(-n2cccn2)nc1. The molecule has 0 saturated carbocycles. The van der Waals surface area contributed by atoms with Gasteiger partial charge in [0.1, 0.15) is 12.4 Å². The molecular weight excluding hydrogens is 693 g/mol. The first-order valence-corrected chi connectivity index (χ1v) is 12.2. The maximum atomic E-state index is 5.36. The van der Waals surface area contributed by atoms with E-state index < -0.39 is 0 Å². The number of hydrogen-bond acceptors (Lipinski definition) is 7. The van der Waals surface area contributed by atoms with Crippen molar-refractivity contribution in [1.29, 1.82) is 0 Å². The van der Waals surface area contributed by atoms with Crippen molar-refractivity contribution in [2.45, 2.75) is 0 Å². The van der Waals surface area contributed by atoms with Gasteiger partial charge in [-0.3, -0.25) is 0 Å². The van der Waals surface area contributed by atoms with Gasteiger partial charge in [0.25, 0.3) is 0 Å². The van der Waals surface area contributed by atoms with Gasteiger partial charge in [-0.15, -0.1) is 36.3 Å². The van der Waals surface area contributed by atoms with Gasteiger partial charge in [-0.1, -0.05) is 18.1 Å². The Bertz CT molecular complexity index is 1520. The van der Waals surface area contributed by atoms with Gasteiger partial charge in [0.15, 0.2) is 11.6 Å². The number of ether oxygens (including phenoxy) is 2. The molecule has 1 radical (unpaired) electrons. The van der Waals surface area contributed by atoms with Crippen LogP contribution in [-0.4, -0.2) is 48.2 Å². The number of aromatic nitrogens is 7. The number of benzene rings is 1. The topological polar surface area (TPSA) is 92.8 Å². The minimum absolute atomic E-state index is 0. The summed E-state index contributed by atoms with van der Waals surface area (Å²) in [4.78, 5) is 12.5. The van der Waals surface area contributed by atoms with Gasteiger partial charge in [-0.2, -0.15) is 10.2 Å². The maximum Gasteiger partial charge on any atom is 1.00 e. The summed E-state index contributed by atoms with van der Waals surface area (Å²) < 4.78 is 14.0. The summed E-state index contributed by atoms with van der Waals surface area (Å²) in [5, 5.41) is 8.08. The Balaban J connectivity index is 0.000000175. The Morgan fingerprint density at radius 1 is 0.756 bits per heavy atom. The minimum Gasteiger partial charge on any atom is -0.500 e. The number of rotatable bonds is 6. The van der Waals surface area contributed by atoms with Gasteiger partial charge in [0.05, 0.1) is 7.11 Å². The molecule has 9 nitrogen and oxygen atoms in total. The zero-order valence-electron chi connectivity index (χ0n) is 22.1. The quantitative estimate of drug-likeness (QED) is 0.175.